The largest absolute Gasteiger partial charge is 0.376 e. The molecule has 0 saturated carbocycles. The molecule has 10 nitrogen and oxygen atoms in total. The van der Waals surface area contributed by atoms with Gasteiger partial charge in [-0.25, -0.2) is 4.68 Å². The third kappa shape index (κ3) is 3.34. The van der Waals surface area contributed by atoms with E-state index in [1.54, 1.807) is 14.0 Å². The molecule has 0 atom stereocenters. The Labute approximate surface area is 156 Å². The van der Waals surface area contributed by atoms with Crippen molar-refractivity contribution < 1.29 is 14.1 Å². The fourth-order valence-electron chi connectivity index (χ4n) is 2.58. The van der Waals surface area contributed by atoms with Crippen molar-refractivity contribution in [2.24, 2.45) is 7.05 Å². The van der Waals surface area contributed by atoms with E-state index in [0.29, 0.717) is 35.1 Å². The van der Waals surface area contributed by atoms with E-state index in [4.69, 9.17) is 9.26 Å². The Balaban J connectivity index is 1.56. The minimum atomic E-state index is -0.157. The highest BCUT2D eigenvalue weighted by atomic mass is 32.2. The number of carbonyl (C=O) groups is 1. The number of amides is 1. The average molecular weight is 393 g/mol. The first-order valence-corrected chi connectivity index (χ1v) is 9.60. The Hall–Kier alpha value is -2.31. The van der Waals surface area contributed by atoms with Crippen LogP contribution in [-0.2, 0) is 29.6 Å². The highest BCUT2D eigenvalue weighted by molar-refractivity contribution is 7.99. The zero-order chi connectivity index (χ0) is 18.1. The molecule has 0 unspecified atom stereocenters. The third-order valence-corrected chi connectivity index (χ3v) is 5.86. The minimum absolute atomic E-state index is 0.157. The van der Waals surface area contributed by atoms with Crippen LogP contribution in [0.3, 0.4) is 0 Å². The number of thiophene rings is 1. The summed E-state index contributed by atoms with van der Waals surface area (Å²) in [4.78, 5) is 17.8. The van der Waals surface area contributed by atoms with Crippen LogP contribution in [0.15, 0.2) is 9.68 Å². The monoisotopic (exact) mass is 393 g/mol. The Bertz CT molecular complexity index is 948. The lowest BCUT2D eigenvalue weighted by Crippen LogP contribution is -2.14. The molecule has 0 aromatic carbocycles. The van der Waals surface area contributed by atoms with Crippen LogP contribution in [0.25, 0.3) is 11.5 Å². The van der Waals surface area contributed by atoms with Crippen molar-refractivity contribution in [3.8, 4) is 11.5 Å². The smallest absolute Gasteiger partial charge is 0.261 e. The van der Waals surface area contributed by atoms with E-state index in [1.165, 1.54) is 27.8 Å². The number of anilines is 1. The van der Waals surface area contributed by atoms with Gasteiger partial charge >= 0.3 is 0 Å². The lowest BCUT2D eigenvalue weighted by molar-refractivity contribution is -0.113. The number of nitrogens with zero attached hydrogens (tertiary/aromatic N) is 6. The van der Waals surface area contributed by atoms with Crippen LogP contribution >= 0.6 is 23.1 Å². The van der Waals surface area contributed by atoms with E-state index in [-0.39, 0.29) is 11.7 Å². The molecule has 136 valence electrons. The van der Waals surface area contributed by atoms with Crippen LogP contribution in [-0.4, -0.2) is 48.6 Å². The van der Waals surface area contributed by atoms with E-state index in [9.17, 15) is 4.79 Å². The summed E-state index contributed by atoms with van der Waals surface area (Å²) in [6.45, 7) is 2.92. The van der Waals surface area contributed by atoms with Crippen molar-refractivity contribution in [1.82, 2.24) is 30.3 Å². The van der Waals surface area contributed by atoms with Gasteiger partial charge < -0.3 is 14.6 Å². The topological polar surface area (TPSA) is 121 Å². The van der Waals surface area contributed by atoms with Crippen molar-refractivity contribution >= 4 is 34.0 Å². The summed E-state index contributed by atoms with van der Waals surface area (Å²) in [5.74, 6) is 1.00. The minimum Gasteiger partial charge on any atom is -0.376 e. The standard InChI is InChI=1S/C14H15N7O3S2/c1-7-15-12(24-18-7)11-8-3-4-23-5-9(8)26-13(11)16-10(22)6-25-14-17-19-20-21(14)2/h3-6H2,1-2H3,(H,16,22). The lowest BCUT2D eigenvalue weighted by Gasteiger charge is -2.12. The molecule has 0 radical (unpaired) electrons. The number of aromatic nitrogens is 6. The van der Waals surface area contributed by atoms with Crippen molar-refractivity contribution in [2.45, 2.75) is 25.1 Å². The van der Waals surface area contributed by atoms with E-state index in [1.807, 2.05) is 0 Å². The second kappa shape index (κ2) is 7.13. The number of tetrazole rings is 1. The van der Waals surface area contributed by atoms with Gasteiger partial charge in [-0.1, -0.05) is 16.9 Å². The fraction of sp³-hybridized carbons (Fsp3) is 0.429. The molecule has 0 aliphatic carbocycles. The Morgan fingerprint density at radius 2 is 2.35 bits per heavy atom. The van der Waals surface area contributed by atoms with E-state index >= 15 is 0 Å². The zero-order valence-electron chi connectivity index (χ0n) is 14.1. The molecule has 0 spiro atoms. The van der Waals surface area contributed by atoms with E-state index in [2.05, 4.69) is 31.0 Å². The summed E-state index contributed by atoms with van der Waals surface area (Å²) in [5, 5.41) is 19.2. The number of hydrogen-bond acceptors (Lipinski definition) is 10. The van der Waals surface area contributed by atoms with Gasteiger partial charge in [0.1, 0.15) is 5.00 Å². The Kier molecular flexibility index (Phi) is 4.70. The molecule has 0 bridgehead atoms. The maximum Gasteiger partial charge on any atom is 0.261 e. The summed E-state index contributed by atoms with van der Waals surface area (Å²) in [6.07, 6.45) is 0.748. The third-order valence-electron chi connectivity index (χ3n) is 3.73. The Morgan fingerprint density at radius 1 is 1.46 bits per heavy atom. The molecule has 3 aromatic rings. The van der Waals surface area contributed by atoms with Gasteiger partial charge in [0.05, 0.1) is 24.5 Å². The molecule has 4 rings (SSSR count). The predicted molar refractivity (Wildman–Crippen MR) is 93.9 cm³/mol. The van der Waals surface area contributed by atoms with Crippen molar-refractivity contribution in [1.29, 1.82) is 0 Å². The number of carbonyl (C=O) groups excluding carboxylic acids is 1. The molecule has 1 aliphatic rings. The maximum atomic E-state index is 12.4. The number of nitrogens with one attached hydrogen (secondary N) is 1. The summed E-state index contributed by atoms with van der Waals surface area (Å²) < 4.78 is 12.4. The second-order valence-electron chi connectivity index (χ2n) is 5.58. The molecule has 1 aliphatic heterocycles. The maximum absolute atomic E-state index is 12.4. The summed E-state index contributed by atoms with van der Waals surface area (Å²) in [5.41, 5.74) is 1.90. The molecular weight excluding hydrogens is 378 g/mol. The van der Waals surface area contributed by atoms with Gasteiger partial charge in [0, 0.05) is 11.9 Å². The van der Waals surface area contributed by atoms with Gasteiger partial charge in [-0.3, -0.25) is 4.79 Å². The average Bonchev–Trinajstić information content (AvgIpc) is 3.31. The highest BCUT2D eigenvalue weighted by Gasteiger charge is 2.26. The molecular formula is C14H15N7O3S2. The first-order valence-electron chi connectivity index (χ1n) is 7.80. The van der Waals surface area contributed by atoms with E-state index < -0.39 is 0 Å². The number of ether oxygens (including phenoxy) is 1. The SMILES string of the molecule is Cc1noc(-c2c(NC(=O)CSc3nnnn3C)sc3c2CCOC3)n1. The molecule has 12 heteroatoms. The Morgan fingerprint density at radius 3 is 3.08 bits per heavy atom. The van der Waals surface area contributed by atoms with Gasteiger partial charge in [-0.15, -0.1) is 16.4 Å². The lowest BCUT2D eigenvalue weighted by atomic mass is 10.1. The normalized spacial score (nSPS) is 13.6. The van der Waals surface area contributed by atoms with Crippen LogP contribution < -0.4 is 5.32 Å². The second-order valence-corrected chi connectivity index (χ2v) is 7.63. The van der Waals surface area contributed by atoms with Crippen molar-refractivity contribution in [3.63, 3.8) is 0 Å². The van der Waals surface area contributed by atoms with Crippen LogP contribution in [0.2, 0.25) is 0 Å². The summed E-state index contributed by atoms with van der Waals surface area (Å²) in [7, 11) is 1.73. The first-order chi connectivity index (χ1) is 12.6. The van der Waals surface area contributed by atoms with E-state index in [0.717, 1.165) is 22.4 Å². The molecule has 0 saturated heterocycles. The summed E-state index contributed by atoms with van der Waals surface area (Å²) in [6, 6.07) is 0. The van der Waals surface area contributed by atoms with Crippen LogP contribution in [0.4, 0.5) is 5.00 Å². The number of fused-ring (bicyclic) bond motifs is 1. The number of aryl methyl sites for hydroxylation is 2. The van der Waals surface area contributed by atoms with Gasteiger partial charge in [0.25, 0.3) is 5.89 Å². The quantitative estimate of drug-likeness (QED) is 0.642. The molecule has 26 heavy (non-hydrogen) atoms. The molecule has 3 aromatic heterocycles. The molecule has 1 N–H and O–H groups in total. The van der Waals surface area contributed by atoms with Gasteiger partial charge in [0.15, 0.2) is 5.82 Å². The van der Waals surface area contributed by atoms with Gasteiger partial charge in [-0.05, 0) is 29.3 Å². The fourth-order valence-corrected chi connectivity index (χ4v) is 4.42. The first kappa shape index (κ1) is 17.1. The van der Waals surface area contributed by atoms with Crippen LogP contribution in [0, 0.1) is 6.92 Å². The zero-order valence-corrected chi connectivity index (χ0v) is 15.7. The highest BCUT2D eigenvalue weighted by Crippen LogP contribution is 2.42. The number of thioether (sulfide) groups is 1. The van der Waals surface area contributed by atoms with Crippen LogP contribution in [0.5, 0.6) is 0 Å². The molecule has 4 heterocycles. The molecule has 1 amide bonds. The van der Waals surface area contributed by atoms with Gasteiger partial charge in [-0.2, -0.15) is 4.98 Å². The van der Waals surface area contributed by atoms with Gasteiger partial charge in [0.2, 0.25) is 11.1 Å². The molecule has 0 fully saturated rings. The van der Waals surface area contributed by atoms with Crippen molar-refractivity contribution in [2.75, 3.05) is 17.7 Å². The number of hydrogen-bond donors (Lipinski definition) is 1. The van der Waals surface area contributed by atoms with Crippen molar-refractivity contribution in [3.05, 3.63) is 16.3 Å². The van der Waals surface area contributed by atoms with Crippen LogP contribution in [0.1, 0.15) is 16.3 Å². The summed E-state index contributed by atoms with van der Waals surface area (Å²) >= 11 is 2.75. The predicted octanol–water partition coefficient (Wildman–Crippen LogP) is 1.43. The number of rotatable bonds is 5.